The lowest BCUT2D eigenvalue weighted by Crippen LogP contribution is -2.19. The third-order valence-corrected chi connectivity index (χ3v) is 3.95. The highest BCUT2D eigenvalue weighted by molar-refractivity contribution is 7.22. The molecule has 6 heteroatoms. The summed E-state index contributed by atoms with van der Waals surface area (Å²) in [5, 5.41) is 14.8. The Balaban J connectivity index is 1.74. The van der Waals surface area contributed by atoms with Crippen LogP contribution in [0.4, 0.5) is 15.6 Å². The van der Waals surface area contributed by atoms with Gasteiger partial charge in [-0.05, 0) is 42.8 Å². The van der Waals surface area contributed by atoms with E-state index in [0.717, 1.165) is 15.8 Å². The molecule has 0 bridgehead atoms. The number of amides is 2. The maximum Gasteiger partial charge on any atom is 0.325 e. The third-order valence-electron chi connectivity index (χ3n) is 3.01. The van der Waals surface area contributed by atoms with E-state index in [2.05, 4.69) is 15.6 Å². The van der Waals surface area contributed by atoms with Crippen molar-refractivity contribution in [2.45, 2.75) is 6.92 Å². The molecule has 2 aromatic carbocycles. The van der Waals surface area contributed by atoms with Crippen LogP contribution in [0.3, 0.4) is 0 Å². The summed E-state index contributed by atoms with van der Waals surface area (Å²) < 4.78 is 1.03. The van der Waals surface area contributed by atoms with Crippen LogP contribution in [0.15, 0.2) is 42.5 Å². The molecule has 108 valence electrons. The molecule has 0 spiro atoms. The van der Waals surface area contributed by atoms with Crippen LogP contribution < -0.4 is 10.6 Å². The van der Waals surface area contributed by atoms with Gasteiger partial charge in [-0.15, -0.1) is 0 Å². The highest BCUT2D eigenvalue weighted by Gasteiger charge is 2.08. The zero-order chi connectivity index (χ0) is 15.5. The molecule has 2 N–H and O–H groups in total. The van der Waals surface area contributed by atoms with E-state index in [1.807, 2.05) is 31.2 Å². The van der Waals surface area contributed by atoms with Crippen molar-refractivity contribution in [2.75, 3.05) is 10.6 Å². The van der Waals surface area contributed by atoms with E-state index in [1.165, 1.54) is 11.3 Å². The number of aromatic nitrogens is 1. The number of nitrogens with zero attached hydrogens (tertiary/aromatic N) is 2. The van der Waals surface area contributed by atoms with Crippen molar-refractivity contribution in [1.82, 2.24) is 4.98 Å². The lowest BCUT2D eigenvalue weighted by atomic mass is 10.2. The minimum absolute atomic E-state index is 0.383. The Morgan fingerprint density at radius 3 is 2.91 bits per heavy atom. The van der Waals surface area contributed by atoms with Crippen molar-refractivity contribution in [3.63, 3.8) is 0 Å². The summed E-state index contributed by atoms with van der Waals surface area (Å²) in [6, 6.07) is 14.3. The molecule has 0 unspecified atom stereocenters. The highest BCUT2D eigenvalue weighted by Crippen LogP contribution is 2.26. The van der Waals surface area contributed by atoms with Crippen molar-refractivity contribution in [2.24, 2.45) is 0 Å². The molecule has 0 atom stereocenters. The number of benzene rings is 2. The second-order valence-electron chi connectivity index (χ2n) is 4.76. The van der Waals surface area contributed by atoms with Crippen molar-refractivity contribution in [1.29, 1.82) is 5.26 Å². The van der Waals surface area contributed by atoms with Gasteiger partial charge in [0.05, 0.1) is 21.8 Å². The Kier molecular flexibility index (Phi) is 3.73. The number of hydrogen-bond acceptors (Lipinski definition) is 4. The van der Waals surface area contributed by atoms with Gasteiger partial charge in [0.1, 0.15) is 0 Å². The molecule has 3 aromatic rings. The Morgan fingerprint density at radius 2 is 2.09 bits per heavy atom. The van der Waals surface area contributed by atoms with E-state index in [4.69, 9.17) is 5.26 Å². The Labute approximate surface area is 131 Å². The molecule has 0 fully saturated rings. The quantitative estimate of drug-likeness (QED) is 0.747. The number of fused-ring (bicyclic) bond motifs is 1. The predicted octanol–water partition coefficient (Wildman–Crippen LogP) is 4.12. The number of anilines is 2. The molecular formula is C16H12N4OS. The van der Waals surface area contributed by atoms with Gasteiger partial charge >= 0.3 is 6.03 Å². The van der Waals surface area contributed by atoms with Gasteiger partial charge in [0.15, 0.2) is 5.13 Å². The Hall–Kier alpha value is -2.91. The fraction of sp³-hybridized carbons (Fsp3) is 0.0625. The van der Waals surface area contributed by atoms with Gasteiger partial charge in [0.25, 0.3) is 0 Å². The molecule has 0 saturated heterocycles. The van der Waals surface area contributed by atoms with Crippen LogP contribution in [0.2, 0.25) is 0 Å². The molecule has 1 aromatic heterocycles. The van der Waals surface area contributed by atoms with Crippen LogP contribution >= 0.6 is 11.3 Å². The van der Waals surface area contributed by atoms with Gasteiger partial charge in [-0.25, -0.2) is 9.78 Å². The molecule has 3 rings (SSSR count). The molecule has 0 radical (unpaired) electrons. The topological polar surface area (TPSA) is 77.8 Å². The zero-order valence-electron chi connectivity index (χ0n) is 11.8. The van der Waals surface area contributed by atoms with Crippen LogP contribution in [0, 0.1) is 18.3 Å². The smallest absolute Gasteiger partial charge is 0.308 e. The van der Waals surface area contributed by atoms with Gasteiger partial charge < -0.3 is 5.32 Å². The molecule has 0 aliphatic heterocycles. The number of nitriles is 1. The first-order valence-corrected chi connectivity index (χ1v) is 7.41. The predicted molar refractivity (Wildman–Crippen MR) is 88.2 cm³/mol. The summed E-state index contributed by atoms with van der Waals surface area (Å²) >= 11 is 1.42. The molecule has 22 heavy (non-hydrogen) atoms. The number of nitrogens with one attached hydrogen (secondary N) is 2. The number of urea groups is 1. The molecular weight excluding hydrogens is 296 g/mol. The van der Waals surface area contributed by atoms with E-state index in [1.54, 1.807) is 24.3 Å². The lowest BCUT2D eigenvalue weighted by Gasteiger charge is -2.05. The maximum absolute atomic E-state index is 12.0. The van der Waals surface area contributed by atoms with Crippen LogP contribution in [0.1, 0.15) is 11.1 Å². The minimum atomic E-state index is -0.383. The Morgan fingerprint density at radius 1 is 1.23 bits per heavy atom. The fourth-order valence-corrected chi connectivity index (χ4v) is 2.97. The van der Waals surface area contributed by atoms with E-state index < -0.39 is 0 Å². The first-order valence-electron chi connectivity index (χ1n) is 6.59. The Bertz CT molecular complexity index is 895. The summed E-state index contributed by atoms with van der Waals surface area (Å²) in [5.41, 5.74) is 3.07. The number of hydrogen-bond donors (Lipinski definition) is 2. The number of carbonyl (C=O) groups excluding carboxylic acids is 1. The molecule has 0 aliphatic rings. The summed E-state index contributed by atoms with van der Waals surface area (Å²) in [6.45, 7) is 2.02. The van der Waals surface area contributed by atoms with Gasteiger partial charge in [-0.3, -0.25) is 5.32 Å². The van der Waals surface area contributed by atoms with Gasteiger partial charge in [-0.2, -0.15) is 5.26 Å². The second kappa shape index (κ2) is 5.84. The first-order chi connectivity index (χ1) is 10.6. The second-order valence-corrected chi connectivity index (χ2v) is 5.79. The largest absolute Gasteiger partial charge is 0.325 e. The average Bonchev–Trinajstić information content (AvgIpc) is 2.88. The van der Waals surface area contributed by atoms with Crippen molar-refractivity contribution in [3.05, 3.63) is 53.6 Å². The fourth-order valence-electron chi connectivity index (χ4n) is 2.01. The van der Waals surface area contributed by atoms with E-state index in [9.17, 15) is 4.79 Å². The van der Waals surface area contributed by atoms with Crippen LogP contribution in [-0.4, -0.2) is 11.0 Å². The first kappa shape index (κ1) is 14.0. The number of aryl methyl sites for hydroxylation is 1. The van der Waals surface area contributed by atoms with Gasteiger partial charge in [-0.1, -0.05) is 23.5 Å². The standard InChI is InChI=1S/C16H12N4OS/c1-10-5-6-13-14(7-10)22-16(19-13)20-15(21)18-12-4-2-3-11(8-12)9-17/h2-8H,1H3,(H2,18,19,20,21). The van der Waals surface area contributed by atoms with E-state index >= 15 is 0 Å². The minimum Gasteiger partial charge on any atom is -0.308 e. The normalized spacial score (nSPS) is 10.2. The van der Waals surface area contributed by atoms with Crippen molar-refractivity contribution in [3.8, 4) is 6.07 Å². The van der Waals surface area contributed by atoms with E-state index in [-0.39, 0.29) is 6.03 Å². The van der Waals surface area contributed by atoms with Crippen molar-refractivity contribution >= 4 is 38.4 Å². The van der Waals surface area contributed by atoms with Crippen LogP contribution in [0.5, 0.6) is 0 Å². The molecule has 1 heterocycles. The third kappa shape index (κ3) is 3.05. The summed E-state index contributed by atoms with van der Waals surface area (Å²) in [7, 11) is 0. The zero-order valence-corrected chi connectivity index (χ0v) is 12.6. The van der Waals surface area contributed by atoms with E-state index in [0.29, 0.717) is 16.4 Å². The average molecular weight is 308 g/mol. The van der Waals surface area contributed by atoms with Crippen LogP contribution in [-0.2, 0) is 0 Å². The van der Waals surface area contributed by atoms with Gasteiger partial charge in [0.2, 0.25) is 0 Å². The monoisotopic (exact) mass is 308 g/mol. The molecule has 2 amide bonds. The van der Waals surface area contributed by atoms with Crippen molar-refractivity contribution < 1.29 is 4.79 Å². The molecule has 5 nitrogen and oxygen atoms in total. The number of thiazole rings is 1. The number of carbonyl (C=O) groups is 1. The SMILES string of the molecule is Cc1ccc2nc(NC(=O)Nc3cccc(C#N)c3)sc2c1. The summed E-state index contributed by atoms with van der Waals surface area (Å²) in [4.78, 5) is 16.4. The summed E-state index contributed by atoms with van der Waals surface area (Å²) in [5.74, 6) is 0. The highest BCUT2D eigenvalue weighted by atomic mass is 32.1. The summed E-state index contributed by atoms with van der Waals surface area (Å²) in [6.07, 6.45) is 0. The maximum atomic E-state index is 12.0. The molecule has 0 saturated carbocycles. The lowest BCUT2D eigenvalue weighted by molar-refractivity contribution is 0.262. The number of rotatable bonds is 2. The van der Waals surface area contributed by atoms with Gasteiger partial charge in [0, 0.05) is 5.69 Å². The van der Waals surface area contributed by atoms with Crippen LogP contribution in [0.25, 0.3) is 10.2 Å². The molecule has 0 aliphatic carbocycles.